The molecule has 0 saturated heterocycles. The first-order valence-electron chi connectivity index (χ1n) is 2.36. The first-order chi connectivity index (χ1) is 4.38. The van der Waals surface area contributed by atoms with E-state index in [-0.39, 0.29) is 11.2 Å². The molecule has 1 heterocycles. The summed E-state index contributed by atoms with van der Waals surface area (Å²) in [5, 5.41) is 0. The number of aldehydes is 2. The van der Waals surface area contributed by atoms with Gasteiger partial charge in [0.15, 0.2) is 18.3 Å². The fourth-order valence-electron chi connectivity index (χ4n) is 0.524. The predicted octanol–water partition coefficient (Wildman–Crippen LogP) is 0.0799. The Morgan fingerprint density at radius 2 is 2.00 bits per heavy atom. The molecule has 4 heteroatoms. The molecule has 1 rings (SSSR count). The van der Waals surface area contributed by atoms with Gasteiger partial charge in [0.05, 0.1) is 11.8 Å². The van der Waals surface area contributed by atoms with E-state index in [2.05, 4.69) is 4.42 Å². The van der Waals surface area contributed by atoms with Gasteiger partial charge in [-0.15, -0.1) is 0 Å². The lowest BCUT2D eigenvalue weighted by molar-refractivity contribution is 0.107. The SMILES string of the molecule is O.O=Cc1ccoc1C=O. The highest BCUT2D eigenvalue weighted by atomic mass is 16.3. The zero-order valence-corrected chi connectivity index (χ0v) is 5.03. The normalized spacial score (nSPS) is 8.00. The summed E-state index contributed by atoms with van der Waals surface area (Å²) < 4.78 is 4.61. The van der Waals surface area contributed by atoms with Crippen LogP contribution in [0.1, 0.15) is 20.9 Å². The van der Waals surface area contributed by atoms with E-state index in [1.807, 2.05) is 0 Å². The summed E-state index contributed by atoms with van der Waals surface area (Å²) >= 11 is 0. The zero-order chi connectivity index (χ0) is 6.69. The van der Waals surface area contributed by atoms with Crippen molar-refractivity contribution in [2.45, 2.75) is 0 Å². The van der Waals surface area contributed by atoms with Crippen LogP contribution in [0.4, 0.5) is 0 Å². The standard InChI is InChI=1S/C6H4O3.H2O/c7-3-5-1-2-9-6(5)4-8;/h1-4H;1H2. The smallest absolute Gasteiger partial charge is 0.186 e. The molecule has 0 aliphatic carbocycles. The number of hydrogen-bond acceptors (Lipinski definition) is 3. The molecule has 0 aliphatic rings. The lowest BCUT2D eigenvalue weighted by Gasteiger charge is -1.77. The van der Waals surface area contributed by atoms with Gasteiger partial charge in [0, 0.05) is 0 Å². The number of carbonyl (C=O) groups is 2. The second kappa shape index (κ2) is 3.58. The number of rotatable bonds is 2. The number of hydrogen-bond donors (Lipinski definition) is 0. The molecule has 54 valence electrons. The van der Waals surface area contributed by atoms with Gasteiger partial charge >= 0.3 is 0 Å². The minimum Gasteiger partial charge on any atom is -0.461 e. The topological polar surface area (TPSA) is 78.8 Å². The lowest BCUT2D eigenvalue weighted by Crippen LogP contribution is -1.81. The molecular weight excluding hydrogens is 136 g/mol. The average Bonchev–Trinajstić information content (AvgIpc) is 2.33. The average molecular weight is 142 g/mol. The Kier molecular flexibility index (Phi) is 3.07. The molecule has 0 amide bonds. The van der Waals surface area contributed by atoms with Crippen molar-refractivity contribution in [3.05, 3.63) is 23.7 Å². The third-order valence-corrected chi connectivity index (χ3v) is 0.961. The molecule has 0 unspecified atom stereocenters. The minimum absolute atomic E-state index is 0. The first kappa shape index (κ1) is 8.58. The highest BCUT2D eigenvalue weighted by molar-refractivity contribution is 5.87. The van der Waals surface area contributed by atoms with Crippen molar-refractivity contribution >= 4 is 12.6 Å². The van der Waals surface area contributed by atoms with Crippen molar-refractivity contribution in [2.24, 2.45) is 0 Å². The maximum absolute atomic E-state index is 10.0. The van der Waals surface area contributed by atoms with E-state index in [9.17, 15) is 9.59 Å². The molecule has 1 aromatic rings. The van der Waals surface area contributed by atoms with Gasteiger partial charge in [0.25, 0.3) is 0 Å². The van der Waals surface area contributed by atoms with Gasteiger partial charge in [-0.2, -0.15) is 0 Å². The summed E-state index contributed by atoms with van der Waals surface area (Å²) in [4.78, 5) is 20.0. The minimum atomic E-state index is 0. The Morgan fingerprint density at radius 1 is 1.30 bits per heavy atom. The zero-order valence-electron chi connectivity index (χ0n) is 5.03. The van der Waals surface area contributed by atoms with Gasteiger partial charge in [-0.25, -0.2) is 0 Å². The van der Waals surface area contributed by atoms with Crippen LogP contribution < -0.4 is 0 Å². The molecule has 10 heavy (non-hydrogen) atoms. The fraction of sp³-hybridized carbons (Fsp3) is 0. The van der Waals surface area contributed by atoms with Crippen LogP contribution in [-0.4, -0.2) is 18.0 Å². The van der Waals surface area contributed by atoms with Crippen LogP contribution in [-0.2, 0) is 0 Å². The lowest BCUT2D eigenvalue weighted by atomic mass is 10.3. The summed E-state index contributed by atoms with van der Waals surface area (Å²) in [6, 6.07) is 1.44. The Balaban J connectivity index is 0.000000810. The number of carbonyl (C=O) groups excluding carboxylic acids is 2. The van der Waals surface area contributed by atoms with Crippen LogP contribution in [0.25, 0.3) is 0 Å². The van der Waals surface area contributed by atoms with Gasteiger partial charge in [0.1, 0.15) is 0 Å². The van der Waals surface area contributed by atoms with E-state index in [1.165, 1.54) is 12.3 Å². The monoisotopic (exact) mass is 142 g/mol. The van der Waals surface area contributed by atoms with Gasteiger partial charge in [-0.05, 0) is 6.07 Å². The summed E-state index contributed by atoms with van der Waals surface area (Å²) in [6.07, 6.45) is 2.38. The van der Waals surface area contributed by atoms with Crippen LogP contribution in [0.2, 0.25) is 0 Å². The molecule has 0 spiro atoms. The molecule has 0 atom stereocenters. The van der Waals surface area contributed by atoms with Crippen molar-refractivity contribution in [3.63, 3.8) is 0 Å². The summed E-state index contributed by atoms with van der Waals surface area (Å²) in [5.41, 5.74) is 0.296. The van der Waals surface area contributed by atoms with E-state index in [0.717, 1.165) is 0 Å². The Morgan fingerprint density at radius 3 is 2.40 bits per heavy atom. The molecule has 2 N–H and O–H groups in total. The molecule has 0 aliphatic heterocycles. The fourth-order valence-corrected chi connectivity index (χ4v) is 0.524. The van der Waals surface area contributed by atoms with E-state index in [0.29, 0.717) is 18.1 Å². The molecular formula is C6H6O4. The van der Waals surface area contributed by atoms with E-state index >= 15 is 0 Å². The molecule has 0 fully saturated rings. The van der Waals surface area contributed by atoms with E-state index < -0.39 is 0 Å². The predicted molar refractivity (Wildman–Crippen MR) is 33.1 cm³/mol. The van der Waals surface area contributed by atoms with Crippen molar-refractivity contribution in [3.8, 4) is 0 Å². The van der Waals surface area contributed by atoms with Crippen LogP contribution in [0.5, 0.6) is 0 Å². The van der Waals surface area contributed by atoms with E-state index in [1.54, 1.807) is 0 Å². The Bertz CT molecular complexity index is 203. The second-order valence-electron chi connectivity index (χ2n) is 1.48. The quantitative estimate of drug-likeness (QED) is 0.548. The molecule has 0 radical (unpaired) electrons. The van der Waals surface area contributed by atoms with Gasteiger partial charge in [0.2, 0.25) is 0 Å². The molecule has 0 saturated carbocycles. The molecule has 0 aromatic carbocycles. The van der Waals surface area contributed by atoms with Crippen LogP contribution >= 0.6 is 0 Å². The second-order valence-corrected chi connectivity index (χ2v) is 1.48. The highest BCUT2D eigenvalue weighted by Gasteiger charge is 2.00. The largest absolute Gasteiger partial charge is 0.461 e. The third kappa shape index (κ3) is 1.29. The van der Waals surface area contributed by atoms with Crippen molar-refractivity contribution in [1.82, 2.24) is 0 Å². The van der Waals surface area contributed by atoms with Crippen molar-refractivity contribution in [2.75, 3.05) is 0 Å². The first-order valence-corrected chi connectivity index (χ1v) is 2.36. The summed E-state index contributed by atoms with van der Waals surface area (Å²) in [7, 11) is 0. The van der Waals surface area contributed by atoms with Crippen molar-refractivity contribution in [1.29, 1.82) is 0 Å². The summed E-state index contributed by atoms with van der Waals surface area (Å²) in [6.45, 7) is 0. The number of furan rings is 1. The van der Waals surface area contributed by atoms with Gasteiger partial charge in [-0.1, -0.05) is 0 Å². The van der Waals surface area contributed by atoms with Gasteiger partial charge < -0.3 is 9.89 Å². The van der Waals surface area contributed by atoms with Crippen molar-refractivity contribution < 1.29 is 19.5 Å². The highest BCUT2D eigenvalue weighted by Crippen LogP contribution is 2.03. The molecule has 4 nitrogen and oxygen atoms in total. The summed E-state index contributed by atoms with van der Waals surface area (Å²) in [5.74, 6) is 0.0880. The van der Waals surface area contributed by atoms with Crippen LogP contribution in [0.15, 0.2) is 16.7 Å². The molecule has 0 bridgehead atoms. The van der Waals surface area contributed by atoms with E-state index in [4.69, 9.17) is 0 Å². The maximum atomic E-state index is 10.0. The van der Waals surface area contributed by atoms with Crippen LogP contribution in [0.3, 0.4) is 0 Å². The maximum Gasteiger partial charge on any atom is 0.186 e. The van der Waals surface area contributed by atoms with Crippen LogP contribution in [0, 0.1) is 0 Å². The molecule has 1 aromatic heterocycles. The van der Waals surface area contributed by atoms with Gasteiger partial charge in [-0.3, -0.25) is 9.59 Å². The third-order valence-electron chi connectivity index (χ3n) is 0.961. The Hall–Kier alpha value is -1.42. The Labute approximate surface area is 56.8 Å².